The van der Waals surface area contributed by atoms with Gasteiger partial charge in [-0.25, -0.2) is 0 Å². The van der Waals surface area contributed by atoms with Crippen LogP contribution in [-0.2, 0) is 11.4 Å². The van der Waals surface area contributed by atoms with E-state index in [2.05, 4.69) is 4.98 Å². The Bertz CT molecular complexity index is 965. The highest BCUT2D eigenvalue weighted by molar-refractivity contribution is 5.88. The van der Waals surface area contributed by atoms with Crippen molar-refractivity contribution in [1.82, 2.24) is 4.98 Å². The number of carbonyl (C=O) groups is 1. The monoisotopic (exact) mass is 367 g/mol. The lowest BCUT2D eigenvalue weighted by Gasteiger charge is -2.13. The summed E-state index contributed by atoms with van der Waals surface area (Å²) in [4.78, 5) is 25.8. The molecule has 0 saturated carbocycles. The van der Waals surface area contributed by atoms with Crippen LogP contribution in [0.25, 0.3) is 10.9 Å². The van der Waals surface area contributed by atoms with Gasteiger partial charge in [-0.15, -0.1) is 0 Å². The summed E-state index contributed by atoms with van der Waals surface area (Å²) in [6, 6.07) is 15.1. The summed E-state index contributed by atoms with van der Waals surface area (Å²) in [5, 5.41) is 0.648. The number of hydrogen-bond acceptors (Lipinski definition) is 5. The predicted octanol–water partition coefficient (Wildman–Crippen LogP) is 3.82. The minimum atomic E-state index is -0.527. The number of rotatable bonds is 9. The standard InChI is InChI=1S/C21H21NO5/c1-2-3-11-25-19-17-10-9-16(26-13-15-7-5-4-6-8-15)12-18(17)22-21(24)20(19)27-14-23/h4-10,12,14H,2-3,11,13H2,1H3,(H,22,24). The number of ether oxygens (including phenoxy) is 3. The Balaban J connectivity index is 1.92. The molecule has 3 rings (SSSR count). The molecule has 27 heavy (non-hydrogen) atoms. The molecule has 0 aliphatic carbocycles. The van der Waals surface area contributed by atoms with Crippen molar-refractivity contribution in [2.45, 2.75) is 26.4 Å². The molecule has 0 fully saturated rings. The molecule has 2 aromatic carbocycles. The van der Waals surface area contributed by atoms with Gasteiger partial charge in [-0.1, -0.05) is 43.7 Å². The number of pyridine rings is 1. The number of unbranched alkanes of at least 4 members (excludes halogenated alkanes) is 1. The molecule has 1 heterocycles. The van der Waals surface area contributed by atoms with Crippen molar-refractivity contribution in [1.29, 1.82) is 0 Å². The van der Waals surface area contributed by atoms with Gasteiger partial charge in [0.15, 0.2) is 5.75 Å². The first kappa shape index (κ1) is 18.5. The molecule has 0 aliphatic rings. The van der Waals surface area contributed by atoms with Gasteiger partial charge in [-0.3, -0.25) is 9.59 Å². The highest BCUT2D eigenvalue weighted by Crippen LogP contribution is 2.33. The SMILES string of the molecule is CCCCOc1c(OC=O)c(=O)[nH]c2cc(OCc3ccccc3)ccc12. The lowest BCUT2D eigenvalue weighted by molar-refractivity contribution is -0.120. The van der Waals surface area contributed by atoms with E-state index in [1.165, 1.54) is 0 Å². The molecule has 6 heteroatoms. The Hall–Kier alpha value is -3.28. The summed E-state index contributed by atoms with van der Waals surface area (Å²) in [7, 11) is 0. The first-order valence-electron chi connectivity index (χ1n) is 8.82. The third-order valence-corrected chi connectivity index (χ3v) is 4.05. The van der Waals surface area contributed by atoms with E-state index in [4.69, 9.17) is 14.2 Å². The van der Waals surface area contributed by atoms with Gasteiger partial charge in [0.05, 0.1) is 12.1 Å². The number of aromatic amines is 1. The van der Waals surface area contributed by atoms with Gasteiger partial charge in [0, 0.05) is 11.5 Å². The molecule has 6 nitrogen and oxygen atoms in total. The van der Waals surface area contributed by atoms with Crippen molar-refractivity contribution in [3.05, 3.63) is 64.4 Å². The van der Waals surface area contributed by atoms with Gasteiger partial charge in [-0.2, -0.15) is 0 Å². The second kappa shape index (κ2) is 8.89. The molecule has 0 radical (unpaired) electrons. The van der Waals surface area contributed by atoms with E-state index < -0.39 is 5.56 Å². The topological polar surface area (TPSA) is 77.6 Å². The van der Waals surface area contributed by atoms with Crippen LogP contribution in [0.1, 0.15) is 25.3 Å². The van der Waals surface area contributed by atoms with Crippen molar-refractivity contribution in [2.24, 2.45) is 0 Å². The molecule has 0 spiro atoms. The molecule has 1 N–H and O–H groups in total. The quantitative estimate of drug-likeness (QED) is 0.459. The highest BCUT2D eigenvalue weighted by Gasteiger charge is 2.16. The van der Waals surface area contributed by atoms with Gasteiger partial charge in [0.25, 0.3) is 12.0 Å². The average molecular weight is 367 g/mol. The van der Waals surface area contributed by atoms with Crippen molar-refractivity contribution >= 4 is 17.4 Å². The van der Waals surface area contributed by atoms with Gasteiger partial charge in [-0.05, 0) is 24.1 Å². The average Bonchev–Trinajstić information content (AvgIpc) is 2.69. The summed E-state index contributed by atoms with van der Waals surface area (Å²) >= 11 is 0. The van der Waals surface area contributed by atoms with Gasteiger partial charge in [0.1, 0.15) is 12.4 Å². The molecule has 0 atom stereocenters. The van der Waals surface area contributed by atoms with Crippen LogP contribution in [-0.4, -0.2) is 18.1 Å². The second-order valence-corrected chi connectivity index (χ2v) is 6.01. The molecule has 0 bridgehead atoms. The van der Waals surface area contributed by atoms with Crippen LogP contribution in [0.3, 0.4) is 0 Å². The Morgan fingerprint density at radius 1 is 1.04 bits per heavy atom. The summed E-state index contributed by atoms with van der Waals surface area (Å²) in [6.07, 6.45) is 1.77. The van der Waals surface area contributed by atoms with Crippen LogP contribution in [0.4, 0.5) is 0 Å². The lowest BCUT2D eigenvalue weighted by Crippen LogP contribution is -2.13. The van der Waals surface area contributed by atoms with Crippen molar-refractivity contribution < 1.29 is 19.0 Å². The minimum Gasteiger partial charge on any atom is -0.489 e. The molecule has 1 aromatic heterocycles. The maximum atomic E-state index is 12.3. The van der Waals surface area contributed by atoms with Crippen molar-refractivity contribution in [2.75, 3.05) is 6.61 Å². The predicted molar refractivity (Wildman–Crippen MR) is 102 cm³/mol. The fourth-order valence-electron chi connectivity index (χ4n) is 2.68. The Labute approximate surface area is 156 Å². The first-order chi connectivity index (χ1) is 13.2. The number of fused-ring (bicyclic) bond motifs is 1. The minimum absolute atomic E-state index is 0.133. The van der Waals surface area contributed by atoms with E-state index in [0.717, 1.165) is 18.4 Å². The zero-order valence-corrected chi connectivity index (χ0v) is 15.1. The van der Waals surface area contributed by atoms with Crippen LogP contribution < -0.4 is 19.8 Å². The Morgan fingerprint density at radius 3 is 2.59 bits per heavy atom. The van der Waals surface area contributed by atoms with Crippen LogP contribution in [0.15, 0.2) is 53.3 Å². The van der Waals surface area contributed by atoms with E-state index in [0.29, 0.717) is 29.9 Å². The molecule has 0 saturated heterocycles. The van der Waals surface area contributed by atoms with Gasteiger partial charge >= 0.3 is 0 Å². The summed E-state index contributed by atoms with van der Waals surface area (Å²) in [5.74, 6) is 0.751. The first-order valence-corrected chi connectivity index (χ1v) is 8.82. The van der Waals surface area contributed by atoms with Gasteiger partial charge in [0.2, 0.25) is 5.75 Å². The molecular weight excluding hydrogens is 346 g/mol. The number of H-pyrrole nitrogens is 1. The van der Waals surface area contributed by atoms with Crippen molar-refractivity contribution in [3.8, 4) is 17.2 Å². The molecule has 0 unspecified atom stereocenters. The van der Waals surface area contributed by atoms with E-state index >= 15 is 0 Å². The maximum absolute atomic E-state index is 12.3. The summed E-state index contributed by atoms with van der Waals surface area (Å²) < 4.78 is 16.4. The number of benzene rings is 2. The molecular formula is C21H21NO5. The normalized spacial score (nSPS) is 10.6. The third-order valence-electron chi connectivity index (χ3n) is 4.05. The molecule has 3 aromatic rings. The zero-order chi connectivity index (χ0) is 19.1. The highest BCUT2D eigenvalue weighted by atomic mass is 16.5. The summed E-state index contributed by atoms with van der Waals surface area (Å²) in [5.41, 5.74) is 1.07. The van der Waals surface area contributed by atoms with Gasteiger partial charge < -0.3 is 19.2 Å². The maximum Gasteiger partial charge on any atom is 0.298 e. The zero-order valence-electron chi connectivity index (χ0n) is 15.1. The molecule has 140 valence electrons. The van der Waals surface area contributed by atoms with Crippen molar-refractivity contribution in [3.63, 3.8) is 0 Å². The molecule has 0 amide bonds. The number of aromatic nitrogens is 1. The molecule has 0 aliphatic heterocycles. The second-order valence-electron chi connectivity index (χ2n) is 6.01. The third kappa shape index (κ3) is 4.47. The lowest BCUT2D eigenvalue weighted by atomic mass is 10.2. The number of carbonyl (C=O) groups excluding carboxylic acids is 1. The number of hydrogen-bond donors (Lipinski definition) is 1. The fourth-order valence-corrected chi connectivity index (χ4v) is 2.68. The van der Waals surface area contributed by atoms with Crippen LogP contribution in [0.5, 0.6) is 17.2 Å². The van der Waals surface area contributed by atoms with Crippen LogP contribution in [0.2, 0.25) is 0 Å². The Morgan fingerprint density at radius 2 is 1.85 bits per heavy atom. The number of nitrogens with one attached hydrogen (secondary N) is 1. The van der Waals surface area contributed by atoms with Crippen LogP contribution >= 0.6 is 0 Å². The smallest absolute Gasteiger partial charge is 0.298 e. The van der Waals surface area contributed by atoms with Crippen LogP contribution in [0, 0.1) is 0 Å². The van der Waals surface area contributed by atoms with E-state index in [-0.39, 0.29) is 18.0 Å². The van der Waals surface area contributed by atoms with E-state index in [1.54, 1.807) is 18.2 Å². The summed E-state index contributed by atoms with van der Waals surface area (Å²) in [6.45, 7) is 3.11. The Kier molecular flexibility index (Phi) is 6.10. The fraction of sp³-hybridized carbons (Fsp3) is 0.238. The van der Waals surface area contributed by atoms with E-state index in [9.17, 15) is 9.59 Å². The van der Waals surface area contributed by atoms with E-state index in [1.807, 2.05) is 37.3 Å². The largest absolute Gasteiger partial charge is 0.489 e.